The number of rotatable bonds is 39. The van der Waals surface area contributed by atoms with Gasteiger partial charge in [0, 0.05) is 25.6 Å². The lowest BCUT2D eigenvalue weighted by Gasteiger charge is -2.31. The normalized spacial score (nSPS) is 16.9. The van der Waals surface area contributed by atoms with Crippen molar-refractivity contribution in [2.75, 3.05) is 26.2 Å². The fraction of sp³-hybridized carbons (Fsp3) is 0.635. The number of aromatic nitrogens is 2. The van der Waals surface area contributed by atoms with Gasteiger partial charge in [-0.15, -0.1) is 0 Å². The monoisotopic (exact) mass is 1370 g/mol. The van der Waals surface area contributed by atoms with E-state index in [2.05, 4.69) is 73.8 Å². The second kappa shape index (κ2) is 39.8. The Balaban J connectivity index is 1.77. The molecule has 540 valence electrons. The van der Waals surface area contributed by atoms with Crippen molar-refractivity contribution < 1.29 is 87.5 Å². The third-order valence-electron chi connectivity index (χ3n) is 15.6. The summed E-state index contributed by atoms with van der Waals surface area (Å²) in [4.78, 5) is 197. The summed E-state index contributed by atoms with van der Waals surface area (Å²) in [6.07, 6.45) is -0.355. The first-order chi connectivity index (χ1) is 45.5. The zero-order valence-electron chi connectivity index (χ0n) is 57.0. The molecule has 1 aliphatic rings. The number of amides is 13. The molecule has 0 saturated carbocycles. The number of nitrogens with one attached hydrogen (secondary N) is 13. The molecule has 0 unspecified atom stereocenters. The van der Waals surface area contributed by atoms with Gasteiger partial charge >= 0.3 is 5.97 Å². The standard InChI is InChI=1S/C63H100N16O18/c1-30(2)21-40(70-52(85)34(9)68-46(83)25-64)55(88)77-51(37(12)82)61(94)74-44(28-80)54(87)66-27-47(84)75-48(32(5)6)58(91)71-41(24-39-26-65-29-67-39)56(89)78-50(36(11)81)60(93)72-42(23-38-17-14-13-15-18-38)62(95)79-20-16-19-45(79)57(90)69-35(10)53(86)76-49(33(7)8)59(92)73-43(63(96)97)22-31(3)4/h13-15,17-18,26,29-37,40-45,48-51,80-82H,16,19-25,27-28,64H2,1-12H3,(H,65,67)(H,66,87)(H,68,83)(H,69,90)(H,70,85)(H,71,91)(H,72,93)(H,73,92)(H,74,94)(H,75,84)(H,76,86)(H,77,88)(H,78,89)(H,96,97)/t34-,35-,36+,37+,40-,41-,42-,43-,44-,45-,48-,49-,50-,51-/m0/s1. The highest BCUT2D eigenvalue weighted by Gasteiger charge is 2.42. The fourth-order valence-corrected chi connectivity index (χ4v) is 10.2. The Morgan fingerprint density at radius 1 is 0.536 bits per heavy atom. The van der Waals surface area contributed by atoms with Crippen LogP contribution < -0.4 is 69.5 Å². The van der Waals surface area contributed by atoms with Crippen LogP contribution in [0.3, 0.4) is 0 Å². The summed E-state index contributed by atoms with van der Waals surface area (Å²) < 4.78 is 0. The van der Waals surface area contributed by atoms with Crippen LogP contribution in [-0.2, 0) is 80.0 Å². The number of carboxylic acid groups (broad SMARTS) is 1. The Morgan fingerprint density at radius 3 is 1.52 bits per heavy atom. The molecule has 0 radical (unpaired) electrons. The largest absolute Gasteiger partial charge is 0.480 e. The molecule has 2 aromatic rings. The molecule has 13 amide bonds. The Kier molecular flexibility index (Phi) is 33.7. The molecule has 34 nitrogen and oxygen atoms in total. The summed E-state index contributed by atoms with van der Waals surface area (Å²) in [6, 6.07) is -8.47. The molecule has 2 heterocycles. The summed E-state index contributed by atoms with van der Waals surface area (Å²) in [5.74, 6) is -14.3. The first-order valence-corrected chi connectivity index (χ1v) is 32.3. The number of H-pyrrole nitrogens is 1. The maximum absolute atomic E-state index is 14.7. The maximum atomic E-state index is 14.7. The lowest BCUT2D eigenvalue weighted by Crippen LogP contribution is -2.62. The minimum atomic E-state index is -1.81. The smallest absolute Gasteiger partial charge is 0.326 e. The number of nitrogens with two attached hydrogens (primary N) is 1. The molecule has 14 atom stereocenters. The highest BCUT2D eigenvalue weighted by Crippen LogP contribution is 2.21. The number of likely N-dealkylation sites (tertiary alicyclic amines) is 1. The van der Waals surface area contributed by atoms with Crippen molar-refractivity contribution in [2.24, 2.45) is 29.4 Å². The Hall–Kier alpha value is -9.15. The molecule has 1 aliphatic heterocycles. The molecule has 0 spiro atoms. The van der Waals surface area contributed by atoms with E-state index < -0.39 is 199 Å². The number of nitrogens with zero attached hydrogens (tertiary/aromatic N) is 2. The molecular formula is C63H100N16O18. The number of aliphatic hydroxyl groups is 3. The van der Waals surface area contributed by atoms with E-state index in [4.69, 9.17) is 5.73 Å². The number of hydrogen-bond donors (Lipinski definition) is 18. The molecule has 1 fully saturated rings. The van der Waals surface area contributed by atoms with Gasteiger partial charge in [0.25, 0.3) is 0 Å². The molecule has 97 heavy (non-hydrogen) atoms. The van der Waals surface area contributed by atoms with Crippen LogP contribution in [0, 0.1) is 23.7 Å². The van der Waals surface area contributed by atoms with Gasteiger partial charge in [0.2, 0.25) is 76.8 Å². The quantitative estimate of drug-likeness (QED) is 0.0298. The minimum absolute atomic E-state index is 0.0417. The lowest BCUT2D eigenvalue weighted by atomic mass is 10.00. The van der Waals surface area contributed by atoms with E-state index in [1.807, 2.05) is 0 Å². The van der Waals surface area contributed by atoms with Crippen molar-refractivity contribution in [3.63, 3.8) is 0 Å². The second-order valence-corrected chi connectivity index (χ2v) is 25.6. The first-order valence-electron chi connectivity index (χ1n) is 32.3. The number of carbonyl (C=O) groups excluding carboxylic acids is 13. The van der Waals surface area contributed by atoms with E-state index in [0.717, 1.165) is 6.92 Å². The first kappa shape index (κ1) is 82.1. The van der Waals surface area contributed by atoms with Crippen LogP contribution in [0.1, 0.15) is 120 Å². The van der Waals surface area contributed by atoms with Crippen molar-refractivity contribution in [3.8, 4) is 0 Å². The zero-order valence-corrected chi connectivity index (χ0v) is 57.0. The van der Waals surface area contributed by atoms with E-state index in [9.17, 15) is 87.5 Å². The average molecular weight is 1370 g/mol. The van der Waals surface area contributed by atoms with Crippen molar-refractivity contribution in [1.82, 2.24) is 78.7 Å². The Labute approximate surface area is 563 Å². The summed E-state index contributed by atoms with van der Waals surface area (Å²) in [6.45, 7) is 16.3. The van der Waals surface area contributed by atoms with Crippen LogP contribution >= 0.6 is 0 Å². The van der Waals surface area contributed by atoms with Gasteiger partial charge in [-0.2, -0.15) is 0 Å². The molecule has 0 bridgehead atoms. The van der Waals surface area contributed by atoms with Crippen LogP contribution in [0.15, 0.2) is 42.9 Å². The number of imidazole rings is 1. The van der Waals surface area contributed by atoms with Gasteiger partial charge < -0.3 is 99.8 Å². The SMILES string of the molecule is CC(C)C[C@H](NC(=O)[C@@H](NC(=O)[C@H](C)NC(=O)[C@@H]1CCCN1C(=O)[C@H](Cc1ccccc1)NC(=O)[C@@H](NC(=O)[C@H](Cc1c[nH]cn1)NC(=O)[C@@H](NC(=O)CNC(=O)[C@H](CO)NC(=O)[C@@H](NC(=O)[C@H](CC(C)C)NC(=O)[C@H](C)NC(=O)CN)[C@@H](C)O)C(C)C)[C@@H](C)O)C(C)C)C(=O)O. The number of aliphatic carboxylic acids is 1. The molecular weight excluding hydrogens is 1270 g/mol. The van der Waals surface area contributed by atoms with Crippen LogP contribution in [-0.4, -0.2) is 229 Å². The molecule has 1 aromatic carbocycles. The number of carboxylic acids is 1. The van der Waals surface area contributed by atoms with E-state index in [1.165, 1.54) is 38.2 Å². The topological polar surface area (TPSA) is 522 Å². The zero-order chi connectivity index (χ0) is 73.1. The fourth-order valence-electron chi connectivity index (χ4n) is 10.2. The maximum Gasteiger partial charge on any atom is 0.326 e. The number of carbonyl (C=O) groups is 14. The molecule has 1 saturated heterocycles. The molecule has 19 N–H and O–H groups in total. The van der Waals surface area contributed by atoms with Gasteiger partial charge in [-0.1, -0.05) is 85.7 Å². The lowest BCUT2D eigenvalue weighted by molar-refractivity contribution is -0.143. The number of hydrogen-bond acceptors (Lipinski definition) is 19. The highest BCUT2D eigenvalue weighted by molar-refractivity contribution is 6.00. The highest BCUT2D eigenvalue weighted by atomic mass is 16.4. The number of aromatic amines is 1. The van der Waals surface area contributed by atoms with Gasteiger partial charge in [-0.05, 0) is 82.6 Å². The van der Waals surface area contributed by atoms with Crippen molar-refractivity contribution in [3.05, 3.63) is 54.1 Å². The predicted octanol–water partition coefficient (Wildman–Crippen LogP) is -5.12. The summed E-state index contributed by atoms with van der Waals surface area (Å²) >= 11 is 0. The molecule has 1 aromatic heterocycles. The van der Waals surface area contributed by atoms with Crippen LogP contribution in [0.4, 0.5) is 0 Å². The van der Waals surface area contributed by atoms with E-state index in [1.54, 1.807) is 85.7 Å². The summed E-state index contributed by atoms with van der Waals surface area (Å²) in [5, 5.41) is 71.0. The van der Waals surface area contributed by atoms with Crippen LogP contribution in [0.25, 0.3) is 0 Å². The predicted molar refractivity (Wildman–Crippen MR) is 348 cm³/mol. The molecule has 34 heteroatoms. The number of aliphatic hydroxyl groups excluding tert-OH is 3. The number of benzene rings is 1. The molecule has 3 rings (SSSR count). The van der Waals surface area contributed by atoms with E-state index in [-0.39, 0.29) is 56.2 Å². The van der Waals surface area contributed by atoms with Crippen LogP contribution in [0.2, 0.25) is 0 Å². The van der Waals surface area contributed by atoms with Gasteiger partial charge in [-0.3, -0.25) is 62.3 Å². The van der Waals surface area contributed by atoms with Crippen molar-refractivity contribution >= 4 is 82.8 Å². The third-order valence-corrected chi connectivity index (χ3v) is 15.6. The van der Waals surface area contributed by atoms with Crippen LogP contribution in [0.5, 0.6) is 0 Å². The Morgan fingerprint density at radius 2 is 1.01 bits per heavy atom. The Bertz CT molecular complexity index is 3020. The minimum Gasteiger partial charge on any atom is -0.480 e. The van der Waals surface area contributed by atoms with Gasteiger partial charge in [0.15, 0.2) is 0 Å². The van der Waals surface area contributed by atoms with Crippen molar-refractivity contribution in [2.45, 2.75) is 206 Å². The third kappa shape index (κ3) is 26.8. The van der Waals surface area contributed by atoms with E-state index >= 15 is 0 Å². The molecule has 0 aliphatic carbocycles. The van der Waals surface area contributed by atoms with Crippen molar-refractivity contribution in [1.29, 1.82) is 0 Å². The van der Waals surface area contributed by atoms with Gasteiger partial charge in [0.05, 0.1) is 43.9 Å². The van der Waals surface area contributed by atoms with Gasteiger partial charge in [-0.25, -0.2) is 9.78 Å². The summed E-state index contributed by atoms with van der Waals surface area (Å²) in [7, 11) is 0. The summed E-state index contributed by atoms with van der Waals surface area (Å²) in [5.41, 5.74) is 6.12. The average Bonchev–Trinajstić information content (AvgIpc) is 1.77. The second-order valence-electron chi connectivity index (χ2n) is 25.6. The van der Waals surface area contributed by atoms with E-state index in [0.29, 0.717) is 12.0 Å². The van der Waals surface area contributed by atoms with Gasteiger partial charge in [0.1, 0.15) is 72.5 Å².